The molecule has 1 atom stereocenters. The van der Waals surface area contributed by atoms with Crippen LogP contribution in [0.15, 0.2) is 0 Å². The number of rotatable bonds is 12. The van der Waals surface area contributed by atoms with Crippen molar-refractivity contribution in [1.29, 1.82) is 0 Å². The molecule has 0 heterocycles. The molecule has 0 amide bonds. The molecule has 0 saturated carbocycles. The Morgan fingerprint density at radius 2 is 1.33 bits per heavy atom. The minimum Gasteiger partial charge on any atom is -0.633 e. The molecule has 0 aliphatic heterocycles. The van der Waals surface area contributed by atoms with Gasteiger partial charge in [0.1, 0.15) is 9.84 Å². The van der Waals surface area contributed by atoms with Crippen molar-refractivity contribution in [2.45, 2.75) is 63.7 Å². The number of nitrogens with zero attached hydrogens (tertiary/aromatic N) is 1. The van der Waals surface area contributed by atoms with Gasteiger partial charge in [0.2, 0.25) is 5.67 Å². The van der Waals surface area contributed by atoms with Crippen molar-refractivity contribution in [3.05, 3.63) is 5.21 Å². The SMILES string of the molecule is CC(F)(CCCCCCS(=O)(=O)CCCC[N+](C)(C)[O-])C(F)(F)F. The molecule has 9 heteroatoms. The summed E-state index contributed by atoms with van der Waals surface area (Å²) in [5.74, 6) is -0.00157. The molecule has 0 aliphatic rings. The van der Waals surface area contributed by atoms with Gasteiger partial charge in [-0.15, -0.1) is 0 Å². The van der Waals surface area contributed by atoms with Crippen LogP contribution in [-0.4, -0.2) is 57.1 Å². The summed E-state index contributed by atoms with van der Waals surface area (Å²) in [7, 11) is -0.210. The van der Waals surface area contributed by atoms with Gasteiger partial charge < -0.3 is 9.85 Å². The zero-order chi connectivity index (χ0) is 19.1. The van der Waals surface area contributed by atoms with Crippen LogP contribution in [-0.2, 0) is 9.84 Å². The molecular formula is C15H29F4NO3S. The number of hydroxylamine groups is 3. The van der Waals surface area contributed by atoms with E-state index in [-0.39, 0.29) is 17.9 Å². The van der Waals surface area contributed by atoms with Crippen molar-refractivity contribution in [3.63, 3.8) is 0 Å². The Kier molecular flexibility index (Phi) is 9.17. The number of hydrogen-bond acceptors (Lipinski definition) is 3. The van der Waals surface area contributed by atoms with E-state index in [2.05, 4.69) is 0 Å². The van der Waals surface area contributed by atoms with Crippen LogP contribution in [0, 0.1) is 5.21 Å². The minimum absolute atomic E-state index is 0.0175. The second kappa shape index (κ2) is 9.33. The fraction of sp³-hybridized carbons (Fsp3) is 1.00. The Labute approximate surface area is 142 Å². The highest BCUT2D eigenvalue weighted by Gasteiger charge is 2.51. The van der Waals surface area contributed by atoms with E-state index in [9.17, 15) is 31.2 Å². The Balaban J connectivity index is 3.83. The van der Waals surface area contributed by atoms with E-state index in [1.807, 2.05) is 0 Å². The molecule has 0 spiro atoms. The summed E-state index contributed by atoms with van der Waals surface area (Å²) in [6.45, 7) is 0.885. The molecule has 0 radical (unpaired) electrons. The lowest BCUT2D eigenvalue weighted by Gasteiger charge is -2.33. The molecule has 0 rings (SSSR count). The van der Waals surface area contributed by atoms with Crippen LogP contribution >= 0.6 is 0 Å². The van der Waals surface area contributed by atoms with Gasteiger partial charge in [-0.3, -0.25) is 0 Å². The van der Waals surface area contributed by atoms with Crippen molar-refractivity contribution < 1.29 is 30.6 Å². The molecule has 4 nitrogen and oxygen atoms in total. The first-order chi connectivity index (χ1) is 10.7. The summed E-state index contributed by atoms with van der Waals surface area (Å²) in [4.78, 5) is 0. The Morgan fingerprint density at radius 1 is 0.875 bits per heavy atom. The summed E-state index contributed by atoms with van der Waals surface area (Å²) in [5.41, 5.74) is -3.19. The maximum Gasteiger partial charge on any atom is 0.422 e. The average molecular weight is 379 g/mol. The zero-order valence-corrected chi connectivity index (χ0v) is 15.5. The highest BCUT2D eigenvalue weighted by Crippen LogP contribution is 2.37. The highest BCUT2D eigenvalue weighted by atomic mass is 32.2. The Bertz CT molecular complexity index is 456. The molecule has 0 N–H and O–H groups in total. The quantitative estimate of drug-likeness (QED) is 0.223. The second-order valence-corrected chi connectivity index (χ2v) is 9.32. The zero-order valence-electron chi connectivity index (χ0n) is 14.7. The van der Waals surface area contributed by atoms with Gasteiger partial charge >= 0.3 is 6.18 Å². The third kappa shape index (κ3) is 11.2. The molecule has 0 aromatic heterocycles. The van der Waals surface area contributed by atoms with E-state index < -0.39 is 32.7 Å². The van der Waals surface area contributed by atoms with Crippen LogP contribution in [0.25, 0.3) is 0 Å². The van der Waals surface area contributed by atoms with Gasteiger partial charge in [-0.25, -0.2) is 12.8 Å². The molecule has 0 aromatic rings. The van der Waals surface area contributed by atoms with Gasteiger partial charge in [-0.05, 0) is 39.0 Å². The van der Waals surface area contributed by atoms with Crippen molar-refractivity contribution in [3.8, 4) is 0 Å². The number of hydrogen-bond donors (Lipinski definition) is 0. The summed E-state index contributed by atoms with van der Waals surface area (Å²) < 4.78 is 73.4. The fourth-order valence-corrected chi connectivity index (χ4v) is 3.68. The van der Waals surface area contributed by atoms with Gasteiger partial charge in [0.15, 0.2) is 0 Å². The van der Waals surface area contributed by atoms with Crippen LogP contribution in [0.4, 0.5) is 17.6 Å². The largest absolute Gasteiger partial charge is 0.633 e. The van der Waals surface area contributed by atoms with E-state index in [1.165, 1.54) is 14.1 Å². The van der Waals surface area contributed by atoms with Crippen LogP contribution in [0.1, 0.15) is 51.9 Å². The average Bonchev–Trinajstić information content (AvgIpc) is 2.36. The third-order valence-corrected chi connectivity index (χ3v) is 5.67. The molecule has 0 aromatic carbocycles. The predicted molar refractivity (Wildman–Crippen MR) is 86.9 cm³/mol. The normalized spacial score (nSPS) is 16.2. The maximum absolute atomic E-state index is 13.3. The van der Waals surface area contributed by atoms with E-state index in [0.717, 1.165) is 0 Å². The van der Waals surface area contributed by atoms with E-state index >= 15 is 0 Å². The van der Waals surface area contributed by atoms with E-state index in [1.54, 1.807) is 0 Å². The molecule has 0 aliphatic carbocycles. The first-order valence-corrected chi connectivity index (χ1v) is 9.98. The van der Waals surface area contributed by atoms with Crippen molar-refractivity contribution >= 4 is 9.84 Å². The van der Waals surface area contributed by atoms with Crippen molar-refractivity contribution in [1.82, 2.24) is 0 Å². The van der Waals surface area contributed by atoms with Crippen LogP contribution < -0.4 is 0 Å². The second-order valence-electron chi connectivity index (χ2n) is 7.02. The van der Waals surface area contributed by atoms with Gasteiger partial charge in [-0.2, -0.15) is 13.2 Å². The van der Waals surface area contributed by atoms with Gasteiger partial charge in [0.25, 0.3) is 0 Å². The third-order valence-electron chi connectivity index (χ3n) is 3.84. The smallest absolute Gasteiger partial charge is 0.422 e. The van der Waals surface area contributed by atoms with Crippen LogP contribution in [0.5, 0.6) is 0 Å². The number of sulfone groups is 1. The first-order valence-electron chi connectivity index (χ1n) is 8.16. The van der Waals surface area contributed by atoms with E-state index in [4.69, 9.17) is 0 Å². The minimum atomic E-state index is -4.87. The van der Waals surface area contributed by atoms with E-state index in [0.29, 0.717) is 45.6 Å². The molecule has 146 valence electrons. The van der Waals surface area contributed by atoms with Crippen molar-refractivity contribution in [2.75, 3.05) is 32.1 Å². The number of unbranched alkanes of at least 4 members (excludes halogenated alkanes) is 4. The monoisotopic (exact) mass is 379 g/mol. The topological polar surface area (TPSA) is 57.2 Å². The van der Waals surface area contributed by atoms with Gasteiger partial charge in [0.05, 0.1) is 32.1 Å². The van der Waals surface area contributed by atoms with Crippen LogP contribution in [0.3, 0.4) is 0 Å². The Morgan fingerprint density at radius 3 is 1.79 bits per heavy atom. The van der Waals surface area contributed by atoms with Crippen LogP contribution in [0.2, 0.25) is 0 Å². The highest BCUT2D eigenvalue weighted by molar-refractivity contribution is 7.91. The molecular weight excluding hydrogens is 350 g/mol. The predicted octanol–water partition coefficient (Wildman–Crippen LogP) is 4.00. The Hall–Kier alpha value is -0.410. The number of halogens is 4. The molecule has 0 bridgehead atoms. The maximum atomic E-state index is 13.3. The molecule has 0 saturated heterocycles. The summed E-state index contributed by atoms with van der Waals surface area (Å²) >= 11 is 0. The van der Waals surface area contributed by atoms with Gasteiger partial charge in [-0.1, -0.05) is 12.8 Å². The molecule has 1 unspecified atom stereocenters. The first kappa shape index (κ1) is 23.6. The summed E-state index contributed by atoms with van der Waals surface area (Å²) in [5, 5.41) is 11.3. The lowest BCUT2D eigenvalue weighted by atomic mass is 9.99. The molecule has 24 heavy (non-hydrogen) atoms. The lowest BCUT2D eigenvalue weighted by molar-refractivity contribution is -0.840. The number of quaternary nitrogens is 1. The lowest BCUT2D eigenvalue weighted by Crippen LogP contribution is -2.37. The molecule has 0 fully saturated rings. The summed E-state index contributed by atoms with van der Waals surface area (Å²) in [6.07, 6.45) is -3.26. The summed E-state index contributed by atoms with van der Waals surface area (Å²) in [6, 6.07) is 0. The van der Waals surface area contributed by atoms with Gasteiger partial charge in [0, 0.05) is 0 Å². The standard InChI is InChI=1S/C15H29F4NO3S/c1-14(16,15(17,18)19)10-6-4-5-8-12-24(22,23)13-9-7-11-20(2,3)21/h4-13H2,1-3H3. The fourth-order valence-electron chi connectivity index (χ4n) is 2.19. The number of alkyl halides is 4. The van der Waals surface area contributed by atoms with Crippen molar-refractivity contribution in [2.24, 2.45) is 0 Å².